The Morgan fingerprint density at radius 2 is 2.08 bits per heavy atom. The van der Waals surface area contributed by atoms with Gasteiger partial charge in [0.25, 0.3) is 5.91 Å². The highest BCUT2D eigenvalue weighted by Gasteiger charge is 2.24. The lowest BCUT2D eigenvalue weighted by Gasteiger charge is -2.29. The molecule has 1 aliphatic heterocycles. The molecule has 0 radical (unpaired) electrons. The number of nitrogens with zero attached hydrogens (tertiary/aromatic N) is 2. The van der Waals surface area contributed by atoms with Crippen molar-refractivity contribution >= 4 is 17.3 Å². The Bertz CT molecular complexity index is 801. The van der Waals surface area contributed by atoms with Crippen LogP contribution in [-0.2, 0) is 4.79 Å². The Morgan fingerprint density at radius 3 is 2.92 bits per heavy atom. The van der Waals surface area contributed by atoms with E-state index in [0.717, 1.165) is 5.69 Å². The van der Waals surface area contributed by atoms with Crippen LogP contribution in [0.3, 0.4) is 0 Å². The van der Waals surface area contributed by atoms with E-state index in [1.54, 1.807) is 17.0 Å². The average molecular weight is 325 g/mol. The summed E-state index contributed by atoms with van der Waals surface area (Å²) in [6.07, 6.45) is 0.654. The van der Waals surface area contributed by atoms with Gasteiger partial charge in [-0.25, -0.2) is 4.39 Å². The predicted molar refractivity (Wildman–Crippen MR) is 88.5 cm³/mol. The molecule has 2 aromatic carbocycles. The van der Waals surface area contributed by atoms with Gasteiger partial charge in [-0.2, -0.15) is 5.26 Å². The van der Waals surface area contributed by atoms with Crippen LogP contribution >= 0.6 is 0 Å². The van der Waals surface area contributed by atoms with E-state index in [0.29, 0.717) is 30.9 Å². The van der Waals surface area contributed by atoms with Crippen molar-refractivity contribution < 1.29 is 13.9 Å². The summed E-state index contributed by atoms with van der Waals surface area (Å²) in [6, 6.07) is 13.7. The van der Waals surface area contributed by atoms with Gasteiger partial charge in [-0.15, -0.1) is 0 Å². The minimum Gasteiger partial charge on any atom is -0.482 e. The van der Waals surface area contributed by atoms with E-state index in [4.69, 9.17) is 10.00 Å². The van der Waals surface area contributed by atoms with Crippen molar-refractivity contribution in [3.63, 3.8) is 0 Å². The molecule has 0 atom stereocenters. The molecule has 0 fully saturated rings. The molecule has 6 heteroatoms. The molecule has 5 nitrogen and oxygen atoms in total. The zero-order valence-corrected chi connectivity index (χ0v) is 13.0. The van der Waals surface area contributed by atoms with Crippen LogP contribution in [0.15, 0.2) is 42.5 Å². The molecule has 0 unspecified atom stereocenters. The van der Waals surface area contributed by atoms with Crippen molar-refractivity contribution in [2.45, 2.75) is 6.42 Å². The number of hydrogen-bond acceptors (Lipinski definition) is 4. The average Bonchev–Trinajstić information content (AvgIpc) is 2.60. The van der Waals surface area contributed by atoms with Crippen LogP contribution in [0.5, 0.6) is 5.75 Å². The number of benzene rings is 2. The second-order valence-electron chi connectivity index (χ2n) is 5.36. The van der Waals surface area contributed by atoms with Crippen LogP contribution < -0.4 is 15.0 Å². The summed E-state index contributed by atoms with van der Waals surface area (Å²) in [5.41, 5.74) is 1.23. The largest absolute Gasteiger partial charge is 0.482 e. The van der Waals surface area contributed by atoms with E-state index in [2.05, 4.69) is 5.32 Å². The number of fused-ring (bicyclic) bond motifs is 1. The molecule has 0 saturated heterocycles. The normalized spacial score (nSPS) is 13.0. The molecular weight excluding hydrogens is 309 g/mol. The van der Waals surface area contributed by atoms with Crippen LogP contribution in [0, 0.1) is 17.1 Å². The highest BCUT2D eigenvalue weighted by molar-refractivity contribution is 5.97. The molecule has 122 valence electrons. The molecule has 24 heavy (non-hydrogen) atoms. The first-order chi connectivity index (χ1) is 11.7. The van der Waals surface area contributed by atoms with E-state index < -0.39 is 5.82 Å². The number of ether oxygens (including phenoxy) is 1. The number of para-hydroxylation sites is 2. The van der Waals surface area contributed by atoms with Crippen LogP contribution in [0.2, 0.25) is 0 Å². The number of anilines is 2. The number of carbonyl (C=O) groups is 1. The summed E-state index contributed by atoms with van der Waals surface area (Å²) in [7, 11) is 0. The van der Waals surface area contributed by atoms with Gasteiger partial charge in [0.2, 0.25) is 0 Å². The van der Waals surface area contributed by atoms with E-state index in [1.165, 1.54) is 6.07 Å². The van der Waals surface area contributed by atoms with Gasteiger partial charge < -0.3 is 15.0 Å². The van der Waals surface area contributed by atoms with Gasteiger partial charge in [0, 0.05) is 13.1 Å². The van der Waals surface area contributed by atoms with Gasteiger partial charge in [-0.3, -0.25) is 4.79 Å². The Hall–Kier alpha value is -3.07. The number of rotatable bonds is 5. The fraction of sp³-hybridized carbons (Fsp3) is 0.222. The Morgan fingerprint density at radius 1 is 1.25 bits per heavy atom. The summed E-state index contributed by atoms with van der Waals surface area (Å²) < 4.78 is 18.9. The van der Waals surface area contributed by atoms with Gasteiger partial charge in [-0.05, 0) is 30.7 Å². The number of hydrogen-bond donors (Lipinski definition) is 1. The van der Waals surface area contributed by atoms with Crippen molar-refractivity contribution in [2.75, 3.05) is 29.9 Å². The first kappa shape index (κ1) is 15.8. The van der Waals surface area contributed by atoms with Crippen molar-refractivity contribution in [3.8, 4) is 11.8 Å². The lowest BCUT2D eigenvalue weighted by Crippen LogP contribution is -2.39. The molecule has 0 aliphatic carbocycles. The van der Waals surface area contributed by atoms with Crippen LogP contribution in [0.1, 0.15) is 12.0 Å². The van der Waals surface area contributed by atoms with Gasteiger partial charge in [0.15, 0.2) is 6.61 Å². The third-order valence-corrected chi connectivity index (χ3v) is 3.81. The van der Waals surface area contributed by atoms with Gasteiger partial charge >= 0.3 is 0 Å². The predicted octanol–water partition coefficient (Wildman–Crippen LogP) is 2.92. The molecule has 3 rings (SSSR count). The number of amides is 1. The minimum atomic E-state index is -0.542. The molecule has 1 amide bonds. The van der Waals surface area contributed by atoms with Crippen molar-refractivity contribution in [2.24, 2.45) is 0 Å². The molecule has 0 spiro atoms. The molecular formula is C18H16FN3O2. The summed E-state index contributed by atoms with van der Waals surface area (Å²) in [6.45, 7) is 1.07. The molecule has 1 N–H and O–H groups in total. The van der Waals surface area contributed by atoms with Gasteiger partial charge in [0.1, 0.15) is 23.2 Å². The summed E-state index contributed by atoms with van der Waals surface area (Å²) in [4.78, 5) is 13.7. The molecule has 1 heterocycles. The molecule has 2 aromatic rings. The summed E-state index contributed by atoms with van der Waals surface area (Å²) in [5.74, 6) is 0.0684. The fourth-order valence-corrected chi connectivity index (χ4v) is 2.64. The fourth-order valence-electron chi connectivity index (χ4n) is 2.64. The Labute approximate surface area is 139 Å². The van der Waals surface area contributed by atoms with Crippen LogP contribution in [0.4, 0.5) is 15.8 Å². The summed E-state index contributed by atoms with van der Waals surface area (Å²) in [5, 5.41) is 12.1. The van der Waals surface area contributed by atoms with Crippen molar-refractivity contribution in [1.29, 1.82) is 5.26 Å². The first-order valence-corrected chi connectivity index (χ1v) is 7.65. The van der Waals surface area contributed by atoms with Gasteiger partial charge in [0.05, 0.1) is 11.4 Å². The number of nitriles is 1. The monoisotopic (exact) mass is 325 g/mol. The SMILES string of the molecule is N#Cc1c(F)cccc1NCCCN1C(=O)COc2ccccc21. The second-order valence-corrected chi connectivity index (χ2v) is 5.36. The smallest absolute Gasteiger partial charge is 0.265 e. The van der Waals surface area contributed by atoms with Crippen LogP contribution in [0.25, 0.3) is 0 Å². The third kappa shape index (κ3) is 3.15. The first-order valence-electron chi connectivity index (χ1n) is 7.65. The Kier molecular flexibility index (Phi) is 4.62. The number of halogens is 1. The molecule has 0 saturated carbocycles. The maximum absolute atomic E-state index is 13.5. The topological polar surface area (TPSA) is 65.4 Å². The maximum atomic E-state index is 13.5. The standard InChI is InChI=1S/C18H16FN3O2/c19-14-5-3-6-15(13(14)11-20)21-9-4-10-22-16-7-1-2-8-17(16)24-12-18(22)23/h1-3,5-8,21H,4,9-10,12H2. The number of carbonyl (C=O) groups excluding carboxylic acids is 1. The van der Waals surface area contributed by atoms with E-state index >= 15 is 0 Å². The maximum Gasteiger partial charge on any atom is 0.265 e. The molecule has 1 aliphatic rings. The highest BCUT2D eigenvalue weighted by Crippen LogP contribution is 2.31. The zero-order valence-electron chi connectivity index (χ0n) is 13.0. The third-order valence-electron chi connectivity index (χ3n) is 3.81. The van der Waals surface area contributed by atoms with E-state index in [9.17, 15) is 9.18 Å². The summed E-state index contributed by atoms with van der Waals surface area (Å²) >= 11 is 0. The lowest BCUT2D eigenvalue weighted by atomic mass is 10.2. The molecule has 0 bridgehead atoms. The second kappa shape index (κ2) is 7.01. The zero-order chi connectivity index (χ0) is 16.9. The lowest BCUT2D eigenvalue weighted by molar-refractivity contribution is -0.121. The minimum absolute atomic E-state index is 0.00490. The molecule has 0 aromatic heterocycles. The quantitative estimate of drug-likeness (QED) is 0.859. The van der Waals surface area contributed by atoms with Gasteiger partial charge in [-0.1, -0.05) is 18.2 Å². The number of nitrogens with one attached hydrogen (secondary N) is 1. The van der Waals surface area contributed by atoms with Crippen molar-refractivity contribution in [1.82, 2.24) is 0 Å². The highest BCUT2D eigenvalue weighted by atomic mass is 19.1. The van der Waals surface area contributed by atoms with E-state index in [-0.39, 0.29) is 18.1 Å². The van der Waals surface area contributed by atoms with Crippen molar-refractivity contribution in [3.05, 3.63) is 53.8 Å². The Balaban J connectivity index is 1.61. The van der Waals surface area contributed by atoms with E-state index in [1.807, 2.05) is 30.3 Å². The van der Waals surface area contributed by atoms with Crippen LogP contribution in [-0.4, -0.2) is 25.6 Å².